The van der Waals surface area contributed by atoms with Crippen molar-refractivity contribution in [3.05, 3.63) is 28.2 Å². The molecule has 0 saturated heterocycles. The third-order valence-corrected chi connectivity index (χ3v) is 4.43. The van der Waals surface area contributed by atoms with Gasteiger partial charge in [-0.05, 0) is 46.3 Å². The molecule has 2 aliphatic rings. The van der Waals surface area contributed by atoms with Gasteiger partial charge in [-0.15, -0.1) is 0 Å². The van der Waals surface area contributed by atoms with Crippen molar-refractivity contribution in [2.45, 2.75) is 31.3 Å². The highest BCUT2D eigenvalue weighted by atomic mass is 79.9. The summed E-state index contributed by atoms with van der Waals surface area (Å²) in [5.41, 5.74) is 8.83. The van der Waals surface area contributed by atoms with Crippen LogP contribution in [0.3, 0.4) is 0 Å². The van der Waals surface area contributed by atoms with E-state index in [1.54, 1.807) is 0 Å². The fraction of sp³-hybridized carbons (Fsp3) is 0.500. The summed E-state index contributed by atoms with van der Waals surface area (Å²) in [6.45, 7) is 0. The summed E-state index contributed by atoms with van der Waals surface area (Å²) in [5, 5.41) is 3.63. The van der Waals surface area contributed by atoms with Crippen LogP contribution in [-0.2, 0) is 0 Å². The summed E-state index contributed by atoms with van der Waals surface area (Å²) in [4.78, 5) is 0. The van der Waals surface area contributed by atoms with Crippen molar-refractivity contribution in [2.75, 3.05) is 5.32 Å². The third-order valence-electron chi connectivity index (χ3n) is 3.77. The van der Waals surface area contributed by atoms with Gasteiger partial charge >= 0.3 is 0 Å². The van der Waals surface area contributed by atoms with Crippen molar-refractivity contribution in [1.82, 2.24) is 0 Å². The minimum atomic E-state index is 0.214. The van der Waals surface area contributed by atoms with Crippen LogP contribution in [0.2, 0.25) is 0 Å². The summed E-state index contributed by atoms with van der Waals surface area (Å²) >= 11 is 3.59. The molecule has 1 saturated carbocycles. The molecule has 0 bridgehead atoms. The Balaban J connectivity index is 2.08. The van der Waals surface area contributed by atoms with Crippen LogP contribution in [0.15, 0.2) is 22.7 Å². The first-order chi connectivity index (χ1) is 7.27. The fourth-order valence-corrected chi connectivity index (χ4v) is 3.48. The predicted octanol–water partition coefficient (Wildman–Crippen LogP) is 3.04. The van der Waals surface area contributed by atoms with Crippen LogP contribution in [0.1, 0.15) is 30.9 Å². The smallest absolute Gasteiger partial charge is 0.0535 e. The number of para-hydroxylation sites is 1. The van der Waals surface area contributed by atoms with Gasteiger partial charge in [-0.2, -0.15) is 0 Å². The molecular weight excluding hydrogens is 252 g/mol. The van der Waals surface area contributed by atoms with E-state index in [2.05, 4.69) is 39.4 Å². The molecule has 3 atom stereocenters. The van der Waals surface area contributed by atoms with Crippen LogP contribution in [0.25, 0.3) is 0 Å². The topological polar surface area (TPSA) is 38.0 Å². The Labute approximate surface area is 98.4 Å². The second kappa shape index (κ2) is 3.49. The van der Waals surface area contributed by atoms with Crippen molar-refractivity contribution in [2.24, 2.45) is 11.7 Å². The molecule has 3 N–H and O–H groups in total. The Kier molecular flexibility index (Phi) is 2.25. The van der Waals surface area contributed by atoms with Crippen molar-refractivity contribution in [3.63, 3.8) is 0 Å². The number of rotatable bonds is 0. The van der Waals surface area contributed by atoms with E-state index in [1.165, 1.54) is 30.5 Å². The van der Waals surface area contributed by atoms with Gasteiger partial charge in [-0.25, -0.2) is 0 Å². The first-order valence-electron chi connectivity index (χ1n) is 5.58. The quantitative estimate of drug-likeness (QED) is 0.758. The van der Waals surface area contributed by atoms with E-state index in [9.17, 15) is 0 Å². The highest BCUT2D eigenvalue weighted by molar-refractivity contribution is 9.10. The van der Waals surface area contributed by atoms with Crippen LogP contribution in [0.5, 0.6) is 0 Å². The number of nitrogens with one attached hydrogen (secondary N) is 1. The number of hydrogen-bond donors (Lipinski definition) is 2. The third kappa shape index (κ3) is 1.41. The van der Waals surface area contributed by atoms with Crippen molar-refractivity contribution in [3.8, 4) is 0 Å². The Hall–Kier alpha value is -0.540. The number of hydrogen-bond acceptors (Lipinski definition) is 2. The number of anilines is 1. The summed E-state index contributed by atoms with van der Waals surface area (Å²) in [6, 6.07) is 7.09. The number of fused-ring (bicyclic) bond motifs is 2. The van der Waals surface area contributed by atoms with Crippen LogP contribution >= 0.6 is 15.9 Å². The lowest BCUT2D eigenvalue weighted by Crippen LogP contribution is -2.37. The number of halogens is 1. The maximum Gasteiger partial charge on any atom is 0.0535 e. The molecular formula is C12H15BrN2. The van der Waals surface area contributed by atoms with Crippen molar-refractivity contribution < 1.29 is 0 Å². The first-order valence-corrected chi connectivity index (χ1v) is 6.37. The molecule has 1 heterocycles. The molecule has 15 heavy (non-hydrogen) atoms. The number of benzene rings is 1. The molecule has 3 unspecified atom stereocenters. The second-order valence-corrected chi connectivity index (χ2v) is 5.43. The zero-order valence-corrected chi connectivity index (χ0v) is 10.1. The van der Waals surface area contributed by atoms with Gasteiger partial charge in [0.1, 0.15) is 0 Å². The van der Waals surface area contributed by atoms with E-state index in [1.807, 2.05) is 0 Å². The van der Waals surface area contributed by atoms with Crippen LogP contribution in [0.4, 0.5) is 5.69 Å². The molecule has 0 radical (unpaired) electrons. The molecule has 2 nitrogen and oxygen atoms in total. The van der Waals surface area contributed by atoms with E-state index < -0.39 is 0 Å². The standard InChI is InChI=1S/C12H15BrN2/c13-9-5-1-4-8-11(14)7-3-2-6-10(7)15-12(8)9/h1,4-5,7,10-11,15H,2-3,6,14H2. The predicted molar refractivity (Wildman–Crippen MR) is 65.8 cm³/mol. The molecule has 1 aromatic rings. The maximum absolute atomic E-state index is 6.34. The summed E-state index contributed by atoms with van der Waals surface area (Å²) < 4.78 is 1.14. The van der Waals surface area contributed by atoms with E-state index in [0.29, 0.717) is 12.0 Å². The minimum absolute atomic E-state index is 0.214. The summed E-state index contributed by atoms with van der Waals surface area (Å²) in [6.07, 6.45) is 3.84. The van der Waals surface area contributed by atoms with Gasteiger partial charge in [-0.1, -0.05) is 18.6 Å². The molecule has 3 heteroatoms. The average molecular weight is 267 g/mol. The largest absolute Gasteiger partial charge is 0.381 e. The normalized spacial score (nSPS) is 33.1. The lowest BCUT2D eigenvalue weighted by atomic mass is 9.85. The Morgan fingerprint density at radius 2 is 2.20 bits per heavy atom. The fourth-order valence-electron chi connectivity index (χ4n) is 2.98. The molecule has 1 fully saturated rings. The van der Waals surface area contributed by atoms with Crippen molar-refractivity contribution >= 4 is 21.6 Å². The van der Waals surface area contributed by atoms with Crippen molar-refractivity contribution in [1.29, 1.82) is 0 Å². The second-order valence-electron chi connectivity index (χ2n) is 4.58. The lowest BCUT2D eigenvalue weighted by molar-refractivity contribution is 0.401. The molecule has 1 aliphatic carbocycles. The van der Waals surface area contributed by atoms with Crippen LogP contribution in [0, 0.1) is 5.92 Å². The minimum Gasteiger partial charge on any atom is -0.381 e. The first kappa shape index (κ1) is 9.67. The highest BCUT2D eigenvalue weighted by Crippen LogP contribution is 2.45. The Morgan fingerprint density at radius 3 is 3.07 bits per heavy atom. The molecule has 80 valence electrons. The van der Waals surface area contributed by atoms with Gasteiger partial charge in [0.2, 0.25) is 0 Å². The van der Waals surface area contributed by atoms with Gasteiger partial charge in [0.25, 0.3) is 0 Å². The maximum atomic E-state index is 6.34. The number of nitrogens with two attached hydrogens (primary N) is 1. The molecule has 1 aliphatic heterocycles. The van der Waals surface area contributed by atoms with Gasteiger partial charge in [0, 0.05) is 16.6 Å². The zero-order chi connectivity index (χ0) is 10.4. The summed E-state index contributed by atoms with van der Waals surface area (Å²) in [7, 11) is 0. The van der Waals surface area contributed by atoms with Gasteiger partial charge < -0.3 is 11.1 Å². The molecule has 3 rings (SSSR count). The summed E-state index contributed by atoms with van der Waals surface area (Å²) in [5.74, 6) is 0.631. The van der Waals surface area contributed by atoms with Crippen LogP contribution < -0.4 is 11.1 Å². The molecule has 0 aromatic heterocycles. The van der Waals surface area contributed by atoms with Gasteiger partial charge in [-0.3, -0.25) is 0 Å². The molecule has 0 amide bonds. The van der Waals surface area contributed by atoms with E-state index in [-0.39, 0.29) is 6.04 Å². The van der Waals surface area contributed by atoms with E-state index >= 15 is 0 Å². The van der Waals surface area contributed by atoms with Gasteiger partial charge in [0.15, 0.2) is 0 Å². The SMILES string of the molecule is NC1c2cccc(Br)c2NC2CCCC21. The molecule has 0 spiro atoms. The monoisotopic (exact) mass is 266 g/mol. The zero-order valence-electron chi connectivity index (χ0n) is 8.54. The van der Waals surface area contributed by atoms with E-state index in [0.717, 1.165) is 4.47 Å². The highest BCUT2D eigenvalue weighted by Gasteiger charge is 2.37. The van der Waals surface area contributed by atoms with Crippen LogP contribution in [-0.4, -0.2) is 6.04 Å². The lowest BCUT2D eigenvalue weighted by Gasteiger charge is -2.35. The Morgan fingerprint density at radius 1 is 1.33 bits per heavy atom. The van der Waals surface area contributed by atoms with Gasteiger partial charge in [0.05, 0.1) is 5.69 Å². The average Bonchev–Trinajstić information content (AvgIpc) is 2.68. The Bertz CT molecular complexity index is 391. The van der Waals surface area contributed by atoms with E-state index in [4.69, 9.17) is 5.73 Å². The molecule has 1 aromatic carbocycles.